The van der Waals surface area contributed by atoms with Crippen molar-refractivity contribution in [2.24, 2.45) is 0 Å². The molecule has 1 amide bonds. The maximum atomic E-state index is 13.0. The molecule has 0 unspecified atom stereocenters. The van der Waals surface area contributed by atoms with Gasteiger partial charge in [0.1, 0.15) is 0 Å². The van der Waals surface area contributed by atoms with Crippen LogP contribution in [0.5, 0.6) is 11.5 Å². The Morgan fingerprint density at radius 1 is 1.15 bits per heavy atom. The Kier molecular flexibility index (Phi) is 4.34. The number of thiazole rings is 1. The Bertz CT molecular complexity index is 950. The predicted octanol–water partition coefficient (Wildman–Crippen LogP) is 4.51. The quantitative estimate of drug-likeness (QED) is 0.681. The summed E-state index contributed by atoms with van der Waals surface area (Å²) in [5.41, 5.74) is 3.69. The molecule has 0 spiro atoms. The van der Waals surface area contributed by atoms with Gasteiger partial charge in [-0.15, -0.1) is 11.3 Å². The van der Waals surface area contributed by atoms with Gasteiger partial charge in [-0.1, -0.05) is 29.8 Å². The van der Waals surface area contributed by atoms with Crippen molar-refractivity contribution in [1.82, 2.24) is 4.98 Å². The highest BCUT2D eigenvalue weighted by Gasteiger charge is 2.22. The minimum atomic E-state index is -0.101. The first-order valence-electron chi connectivity index (χ1n) is 8.40. The molecule has 0 radical (unpaired) electrons. The normalized spacial score (nSPS) is 12.2. The summed E-state index contributed by atoms with van der Waals surface area (Å²) in [6.45, 7) is 4.72. The lowest BCUT2D eigenvalue weighted by atomic mass is 10.1. The van der Waals surface area contributed by atoms with Crippen LogP contribution < -0.4 is 14.4 Å². The number of rotatable bonds is 4. The van der Waals surface area contributed by atoms with Crippen LogP contribution >= 0.6 is 11.3 Å². The van der Waals surface area contributed by atoms with Gasteiger partial charge in [-0.05, 0) is 32.0 Å². The van der Waals surface area contributed by atoms with E-state index in [0.29, 0.717) is 28.7 Å². The zero-order valence-electron chi connectivity index (χ0n) is 14.6. The van der Waals surface area contributed by atoms with E-state index in [-0.39, 0.29) is 12.7 Å². The number of nitrogens with zero attached hydrogens (tertiary/aromatic N) is 2. The molecule has 6 heteroatoms. The molecule has 2 aromatic carbocycles. The van der Waals surface area contributed by atoms with Gasteiger partial charge in [0.05, 0.1) is 5.69 Å². The van der Waals surface area contributed by atoms with Crippen LogP contribution in [0.4, 0.5) is 5.13 Å². The monoisotopic (exact) mass is 366 g/mol. The Labute approximate surface area is 155 Å². The highest BCUT2D eigenvalue weighted by Crippen LogP contribution is 2.34. The Hall–Kier alpha value is -2.86. The minimum absolute atomic E-state index is 0.101. The van der Waals surface area contributed by atoms with Crippen molar-refractivity contribution in [3.63, 3.8) is 0 Å². The number of amides is 1. The van der Waals surface area contributed by atoms with Crippen molar-refractivity contribution in [2.45, 2.75) is 13.8 Å². The van der Waals surface area contributed by atoms with Gasteiger partial charge in [-0.25, -0.2) is 4.98 Å². The molecule has 3 aromatic rings. The van der Waals surface area contributed by atoms with Crippen LogP contribution in [0.3, 0.4) is 0 Å². The fourth-order valence-electron chi connectivity index (χ4n) is 2.80. The average molecular weight is 366 g/mol. The molecule has 4 rings (SSSR count). The van der Waals surface area contributed by atoms with Gasteiger partial charge in [0, 0.05) is 23.1 Å². The van der Waals surface area contributed by atoms with Gasteiger partial charge in [-0.3, -0.25) is 9.69 Å². The van der Waals surface area contributed by atoms with E-state index >= 15 is 0 Å². The molecule has 1 aromatic heterocycles. The molecule has 0 saturated carbocycles. The lowest BCUT2D eigenvalue weighted by Gasteiger charge is -2.17. The number of hydrogen-bond acceptors (Lipinski definition) is 5. The maximum absolute atomic E-state index is 13.0. The lowest BCUT2D eigenvalue weighted by molar-refractivity contribution is 0.0988. The molecule has 1 aliphatic rings. The molecule has 2 heterocycles. The number of carbonyl (C=O) groups is 1. The summed E-state index contributed by atoms with van der Waals surface area (Å²) < 4.78 is 10.7. The molecule has 1 aliphatic heterocycles. The lowest BCUT2D eigenvalue weighted by Crippen LogP contribution is -2.30. The van der Waals surface area contributed by atoms with Gasteiger partial charge in [-0.2, -0.15) is 0 Å². The zero-order chi connectivity index (χ0) is 18.1. The zero-order valence-corrected chi connectivity index (χ0v) is 15.4. The maximum Gasteiger partial charge on any atom is 0.260 e. The number of carbonyl (C=O) groups excluding carboxylic acids is 1. The van der Waals surface area contributed by atoms with E-state index in [9.17, 15) is 4.79 Å². The Morgan fingerprint density at radius 2 is 1.92 bits per heavy atom. The summed E-state index contributed by atoms with van der Waals surface area (Å²) in [7, 11) is 0. The molecule has 0 bridgehead atoms. The molecule has 0 saturated heterocycles. The summed E-state index contributed by atoms with van der Waals surface area (Å²) in [6, 6.07) is 13.5. The molecule has 0 fully saturated rings. The number of fused-ring (bicyclic) bond motifs is 1. The highest BCUT2D eigenvalue weighted by molar-refractivity contribution is 7.14. The van der Waals surface area contributed by atoms with Crippen molar-refractivity contribution in [3.8, 4) is 22.8 Å². The third-order valence-corrected chi connectivity index (χ3v) is 5.11. The van der Waals surface area contributed by atoms with E-state index in [1.807, 2.05) is 24.4 Å². The van der Waals surface area contributed by atoms with Crippen molar-refractivity contribution >= 4 is 22.4 Å². The van der Waals surface area contributed by atoms with Crippen LogP contribution in [0.1, 0.15) is 22.8 Å². The minimum Gasteiger partial charge on any atom is -0.454 e. The van der Waals surface area contributed by atoms with E-state index < -0.39 is 0 Å². The number of hydrogen-bond donors (Lipinski definition) is 0. The Morgan fingerprint density at radius 3 is 2.69 bits per heavy atom. The van der Waals surface area contributed by atoms with Gasteiger partial charge >= 0.3 is 0 Å². The second-order valence-electron chi connectivity index (χ2n) is 6.00. The highest BCUT2D eigenvalue weighted by atomic mass is 32.1. The van der Waals surface area contributed by atoms with E-state index in [4.69, 9.17) is 9.47 Å². The van der Waals surface area contributed by atoms with Crippen LogP contribution in [0.2, 0.25) is 0 Å². The van der Waals surface area contributed by atoms with Crippen molar-refractivity contribution in [3.05, 3.63) is 59.0 Å². The number of anilines is 1. The third-order valence-electron chi connectivity index (χ3n) is 4.25. The van der Waals surface area contributed by atoms with E-state index in [0.717, 1.165) is 11.3 Å². The molecular weight excluding hydrogens is 348 g/mol. The van der Waals surface area contributed by atoms with Crippen LogP contribution in [-0.2, 0) is 0 Å². The largest absolute Gasteiger partial charge is 0.454 e. The van der Waals surface area contributed by atoms with Crippen LogP contribution in [0.25, 0.3) is 11.3 Å². The Balaban J connectivity index is 1.61. The number of ether oxygens (including phenoxy) is 2. The molecule has 0 atom stereocenters. The molecule has 0 N–H and O–H groups in total. The summed E-state index contributed by atoms with van der Waals surface area (Å²) in [5, 5.41) is 2.67. The standard InChI is InChI=1S/C20H18N2O3S/c1-3-22(19(23)15-8-9-17-18(10-15)25-12-24-17)20-21-16(11-26-20)14-6-4-13(2)5-7-14/h4-11H,3,12H2,1-2H3. The van der Waals surface area contributed by atoms with Crippen LogP contribution in [0.15, 0.2) is 47.8 Å². The fourth-order valence-corrected chi connectivity index (χ4v) is 3.69. The van der Waals surface area contributed by atoms with Crippen molar-refractivity contribution < 1.29 is 14.3 Å². The van der Waals surface area contributed by atoms with Gasteiger partial charge in [0.15, 0.2) is 16.6 Å². The van der Waals surface area contributed by atoms with Gasteiger partial charge in [0.25, 0.3) is 5.91 Å². The van der Waals surface area contributed by atoms with Gasteiger partial charge in [0.2, 0.25) is 6.79 Å². The summed E-state index contributed by atoms with van der Waals surface area (Å²) in [6.07, 6.45) is 0. The SMILES string of the molecule is CCN(C(=O)c1ccc2c(c1)OCO2)c1nc(-c2ccc(C)cc2)cs1. The van der Waals surface area contributed by atoms with E-state index in [1.165, 1.54) is 16.9 Å². The third kappa shape index (κ3) is 3.04. The van der Waals surface area contributed by atoms with Crippen molar-refractivity contribution in [1.29, 1.82) is 0 Å². The first kappa shape index (κ1) is 16.6. The molecule has 26 heavy (non-hydrogen) atoms. The summed E-state index contributed by atoms with van der Waals surface area (Å²) >= 11 is 1.47. The summed E-state index contributed by atoms with van der Waals surface area (Å²) in [4.78, 5) is 19.3. The average Bonchev–Trinajstić information content (AvgIpc) is 3.31. The number of aromatic nitrogens is 1. The van der Waals surface area contributed by atoms with Crippen LogP contribution in [0, 0.1) is 6.92 Å². The van der Waals surface area contributed by atoms with Crippen molar-refractivity contribution in [2.75, 3.05) is 18.2 Å². The molecule has 132 valence electrons. The fraction of sp³-hybridized carbons (Fsp3) is 0.200. The second-order valence-corrected chi connectivity index (χ2v) is 6.84. The van der Waals surface area contributed by atoms with E-state index in [1.54, 1.807) is 23.1 Å². The van der Waals surface area contributed by atoms with Crippen LogP contribution in [-0.4, -0.2) is 24.2 Å². The smallest absolute Gasteiger partial charge is 0.260 e. The molecule has 5 nitrogen and oxygen atoms in total. The van der Waals surface area contributed by atoms with E-state index in [2.05, 4.69) is 24.0 Å². The molecular formula is C20H18N2O3S. The first-order valence-corrected chi connectivity index (χ1v) is 9.28. The van der Waals surface area contributed by atoms with Gasteiger partial charge < -0.3 is 9.47 Å². The topological polar surface area (TPSA) is 51.7 Å². The number of aryl methyl sites for hydroxylation is 1. The summed E-state index contributed by atoms with van der Waals surface area (Å²) in [5.74, 6) is 1.17. The number of benzene rings is 2. The predicted molar refractivity (Wildman–Crippen MR) is 102 cm³/mol. The first-order chi connectivity index (χ1) is 12.7. The molecule has 0 aliphatic carbocycles. The second kappa shape index (κ2) is 6.80.